The van der Waals surface area contributed by atoms with Crippen molar-refractivity contribution in [3.8, 4) is 0 Å². The third-order valence-corrected chi connectivity index (χ3v) is 4.22. The van der Waals surface area contributed by atoms with E-state index in [0.29, 0.717) is 5.69 Å². The third-order valence-electron chi connectivity index (χ3n) is 3.15. The summed E-state index contributed by atoms with van der Waals surface area (Å²) in [6, 6.07) is 13.4. The minimum atomic E-state index is -0.383. The van der Waals surface area contributed by atoms with Crippen LogP contribution >= 0.6 is 11.8 Å². The number of anilines is 1. The maximum Gasteiger partial charge on any atom is 0.234 e. The standard InChI is InChI=1S/C17H14FN3OS/c1-11-17(21-15-8-3-2-7-14(15)19-11)23-10-16(22)20-13-6-4-5-12(18)9-13/h2-9H,10H2,1H3,(H,20,22). The summed E-state index contributed by atoms with van der Waals surface area (Å²) < 4.78 is 13.1. The van der Waals surface area contributed by atoms with Crippen molar-refractivity contribution in [2.24, 2.45) is 0 Å². The van der Waals surface area contributed by atoms with Gasteiger partial charge in [-0.25, -0.2) is 14.4 Å². The summed E-state index contributed by atoms with van der Waals surface area (Å²) >= 11 is 1.31. The van der Waals surface area contributed by atoms with Crippen LogP contribution in [0.2, 0.25) is 0 Å². The molecular formula is C17H14FN3OS. The fraction of sp³-hybridized carbons (Fsp3) is 0.118. The highest BCUT2D eigenvalue weighted by molar-refractivity contribution is 8.00. The summed E-state index contributed by atoms with van der Waals surface area (Å²) in [4.78, 5) is 21.0. The zero-order valence-corrected chi connectivity index (χ0v) is 13.2. The van der Waals surface area contributed by atoms with E-state index in [1.54, 1.807) is 12.1 Å². The molecule has 4 nitrogen and oxygen atoms in total. The fourth-order valence-corrected chi connectivity index (χ4v) is 2.86. The zero-order valence-electron chi connectivity index (χ0n) is 12.4. The van der Waals surface area contributed by atoms with Crippen molar-refractivity contribution in [1.29, 1.82) is 0 Å². The Labute approximate surface area is 137 Å². The lowest BCUT2D eigenvalue weighted by atomic mass is 10.3. The van der Waals surface area contributed by atoms with Gasteiger partial charge in [-0.3, -0.25) is 4.79 Å². The molecule has 3 aromatic rings. The molecule has 1 amide bonds. The molecule has 0 bridgehead atoms. The molecule has 1 heterocycles. The second-order valence-electron chi connectivity index (χ2n) is 4.95. The molecule has 6 heteroatoms. The van der Waals surface area contributed by atoms with Gasteiger partial charge >= 0.3 is 0 Å². The maximum atomic E-state index is 13.1. The van der Waals surface area contributed by atoms with E-state index in [4.69, 9.17) is 0 Å². The third kappa shape index (κ3) is 3.84. The fourth-order valence-electron chi connectivity index (χ4n) is 2.11. The summed E-state index contributed by atoms with van der Waals surface area (Å²) in [5, 5.41) is 3.38. The van der Waals surface area contributed by atoms with Crippen LogP contribution in [0.3, 0.4) is 0 Å². The van der Waals surface area contributed by atoms with Gasteiger partial charge in [-0.05, 0) is 37.3 Å². The number of nitrogens with one attached hydrogen (secondary N) is 1. The van der Waals surface area contributed by atoms with Gasteiger partial charge in [-0.15, -0.1) is 0 Å². The average molecular weight is 327 g/mol. The predicted molar refractivity (Wildman–Crippen MR) is 90.0 cm³/mol. The summed E-state index contributed by atoms with van der Waals surface area (Å²) in [6.45, 7) is 1.87. The molecule has 23 heavy (non-hydrogen) atoms. The van der Waals surface area contributed by atoms with E-state index in [0.717, 1.165) is 21.8 Å². The molecule has 1 N–H and O–H groups in total. The Kier molecular flexibility index (Phi) is 4.52. The largest absolute Gasteiger partial charge is 0.325 e. The molecule has 0 atom stereocenters. The zero-order chi connectivity index (χ0) is 16.2. The number of halogens is 1. The Balaban J connectivity index is 1.68. The quantitative estimate of drug-likeness (QED) is 0.740. The monoisotopic (exact) mass is 327 g/mol. The number of nitrogens with zero attached hydrogens (tertiary/aromatic N) is 2. The van der Waals surface area contributed by atoms with Gasteiger partial charge in [0.15, 0.2) is 0 Å². The first-order valence-corrected chi connectivity index (χ1v) is 8.02. The van der Waals surface area contributed by atoms with Crippen molar-refractivity contribution in [3.05, 3.63) is 60.0 Å². The Morgan fingerprint density at radius 1 is 1.13 bits per heavy atom. The van der Waals surface area contributed by atoms with E-state index in [-0.39, 0.29) is 17.5 Å². The maximum absolute atomic E-state index is 13.1. The lowest BCUT2D eigenvalue weighted by Gasteiger charge is -2.07. The van der Waals surface area contributed by atoms with Crippen LogP contribution in [-0.2, 0) is 4.79 Å². The van der Waals surface area contributed by atoms with Crippen molar-refractivity contribution in [2.45, 2.75) is 11.9 Å². The van der Waals surface area contributed by atoms with E-state index >= 15 is 0 Å². The van der Waals surface area contributed by atoms with Gasteiger partial charge in [-0.2, -0.15) is 0 Å². The number of aromatic nitrogens is 2. The number of fused-ring (bicyclic) bond motifs is 1. The first-order chi connectivity index (χ1) is 11.1. The predicted octanol–water partition coefficient (Wildman–Crippen LogP) is 3.81. The van der Waals surface area contributed by atoms with Crippen LogP contribution in [0.1, 0.15) is 5.69 Å². The second-order valence-corrected chi connectivity index (χ2v) is 5.91. The number of aryl methyl sites for hydroxylation is 1. The molecule has 0 saturated heterocycles. The summed E-state index contributed by atoms with van der Waals surface area (Å²) in [6.07, 6.45) is 0. The molecule has 0 unspecified atom stereocenters. The summed E-state index contributed by atoms with van der Waals surface area (Å²) in [5.74, 6) is -0.411. The van der Waals surface area contributed by atoms with E-state index in [1.165, 1.54) is 23.9 Å². The van der Waals surface area contributed by atoms with Crippen molar-refractivity contribution >= 4 is 34.4 Å². The van der Waals surface area contributed by atoms with E-state index in [2.05, 4.69) is 15.3 Å². The van der Waals surface area contributed by atoms with Crippen LogP contribution < -0.4 is 5.32 Å². The van der Waals surface area contributed by atoms with Crippen LogP contribution in [0.15, 0.2) is 53.6 Å². The molecule has 2 aromatic carbocycles. The van der Waals surface area contributed by atoms with Crippen LogP contribution in [0.5, 0.6) is 0 Å². The van der Waals surface area contributed by atoms with Crippen molar-refractivity contribution < 1.29 is 9.18 Å². The molecule has 0 spiro atoms. The first-order valence-electron chi connectivity index (χ1n) is 7.03. The average Bonchev–Trinajstić information content (AvgIpc) is 2.53. The number of thioether (sulfide) groups is 1. The Bertz CT molecular complexity index is 869. The van der Waals surface area contributed by atoms with Crippen LogP contribution in [0.4, 0.5) is 10.1 Å². The lowest BCUT2D eigenvalue weighted by molar-refractivity contribution is -0.113. The van der Waals surface area contributed by atoms with E-state index in [1.807, 2.05) is 31.2 Å². The summed E-state index contributed by atoms with van der Waals surface area (Å²) in [5.41, 5.74) is 2.86. The second kappa shape index (κ2) is 6.75. The number of carbonyl (C=O) groups is 1. The Morgan fingerprint density at radius 2 is 1.87 bits per heavy atom. The molecule has 0 fully saturated rings. The molecule has 0 aliphatic rings. The molecule has 116 valence electrons. The van der Waals surface area contributed by atoms with Gasteiger partial charge in [0.05, 0.1) is 22.5 Å². The highest BCUT2D eigenvalue weighted by atomic mass is 32.2. The number of para-hydroxylation sites is 2. The van der Waals surface area contributed by atoms with Crippen LogP contribution in [0, 0.1) is 12.7 Å². The number of hydrogen-bond acceptors (Lipinski definition) is 4. The molecule has 0 aliphatic carbocycles. The van der Waals surface area contributed by atoms with Crippen LogP contribution in [-0.4, -0.2) is 21.6 Å². The number of carbonyl (C=O) groups excluding carboxylic acids is 1. The van der Waals surface area contributed by atoms with Crippen molar-refractivity contribution in [2.75, 3.05) is 11.1 Å². The number of benzene rings is 2. The minimum absolute atomic E-state index is 0.185. The minimum Gasteiger partial charge on any atom is -0.325 e. The number of rotatable bonds is 4. The van der Waals surface area contributed by atoms with Gasteiger partial charge in [0, 0.05) is 5.69 Å². The van der Waals surface area contributed by atoms with Crippen molar-refractivity contribution in [3.63, 3.8) is 0 Å². The molecular weight excluding hydrogens is 313 g/mol. The van der Waals surface area contributed by atoms with Gasteiger partial charge in [0.25, 0.3) is 0 Å². The molecule has 0 aliphatic heterocycles. The van der Waals surface area contributed by atoms with Gasteiger partial charge in [0.2, 0.25) is 5.91 Å². The highest BCUT2D eigenvalue weighted by Crippen LogP contribution is 2.22. The number of amides is 1. The van der Waals surface area contributed by atoms with E-state index < -0.39 is 0 Å². The topological polar surface area (TPSA) is 54.9 Å². The molecule has 3 rings (SSSR count). The first kappa shape index (κ1) is 15.4. The smallest absolute Gasteiger partial charge is 0.234 e. The lowest BCUT2D eigenvalue weighted by Crippen LogP contribution is -2.14. The van der Waals surface area contributed by atoms with E-state index in [9.17, 15) is 9.18 Å². The van der Waals surface area contributed by atoms with Crippen molar-refractivity contribution in [1.82, 2.24) is 9.97 Å². The van der Waals surface area contributed by atoms with Crippen LogP contribution in [0.25, 0.3) is 11.0 Å². The highest BCUT2D eigenvalue weighted by Gasteiger charge is 2.09. The normalized spacial score (nSPS) is 10.7. The number of hydrogen-bond donors (Lipinski definition) is 1. The SMILES string of the molecule is Cc1nc2ccccc2nc1SCC(=O)Nc1cccc(F)c1. The summed E-state index contributed by atoms with van der Waals surface area (Å²) in [7, 11) is 0. The van der Waals surface area contributed by atoms with Gasteiger partial charge < -0.3 is 5.32 Å². The van der Waals surface area contributed by atoms with Gasteiger partial charge in [0.1, 0.15) is 10.8 Å². The molecule has 0 saturated carbocycles. The Hall–Kier alpha value is -2.47. The molecule has 0 radical (unpaired) electrons. The molecule has 1 aromatic heterocycles. The Morgan fingerprint density at radius 3 is 2.61 bits per heavy atom. The van der Waals surface area contributed by atoms with Gasteiger partial charge in [-0.1, -0.05) is 30.0 Å².